The molecule has 0 unspecified atom stereocenters. The van der Waals surface area contributed by atoms with E-state index in [9.17, 15) is 4.79 Å². The van der Waals surface area contributed by atoms with Gasteiger partial charge in [0.15, 0.2) is 0 Å². The summed E-state index contributed by atoms with van der Waals surface area (Å²) in [4.78, 5) is 18.6. The topological polar surface area (TPSA) is 60.9 Å². The molecule has 5 rings (SSSR count). The van der Waals surface area contributed by atoms with Crippen LogP contribution in [0.3, 0.4) is 0 Å². The zero-order valence-corrected chi connectivity index (χ0v) is 17.4. The van der Waals surface area contributed by atoms with Crippen LogP contribution in [0.5, 0.6) is 0 Å². The van der Waals surface area contributed by atoms with Gasteiger partial charge in [-0.2, -0.15) is 5.10 Å². The largest absolute Gasteiger partial charge is 0.443 e. The molecule has 5 aromatic rings. The predicted molar refractivity (Wildman–Crippen MR) is 120 cm³/mol. The quantitative estimate of drug-likeness (QED) is 0.393. The second-order valence-corrected chi connectivity index (χ2v) is 8.24. The van der Waals surface area contributed by atoms with Crippen LogP contribution in [-0.4, -0.2) is 14.8 Å². The standard InChI is InChI=1S/C24H19N3O2S/c1-15-9-10-16(2)20(12-15)22-18-6-3-4-7-19(18)24(28)27(26-22)13-17-14-29-23(25-17)21-8-5-11-30-21/h3-12,14H,13H2,1-2H3. The molecule has 6 heteroatoms. The highest BCUT2D eigenvalue weighted by Crippen LogP contribution is 2.29. The van der Waals surface area contributed by atoms with Crippen molar-refractivity contribution in [2.24, 2.45) is 0 Å². The number of fused-ring (bicyclic) bond motifs is 1. The molecular weight excluding hydrogens is 394 g/mol. The van der Waals surface area contributed by atoms with Gasteiger partial charge in [-0.15, -0.1) is 11.3 Å². The van der Waals surface area contributed by atoms with Crippen LogP contribution in [0, 0.1) is 13.8 Å². The first-order chi connectivity index (χ1) is 14.6. The predicted octanol–water partition coefficient (Wildman–Crippen LogP) is 5.45. The summed E-state index contributed by atoms with van der Waals surface area (Å²) in [6.07, 6.45) is 1.59. The summed E-state index contributed by atoms with van der Waals surface area (Å²) < 4.78 is 7.10. The van der Waals surface area contributed by atoms with Gasteiger partial charge >= 0.3 is 0 Å². The number of aryl methyl sites for hydroxylation is 2. The molecule has 0 fully saturated rings. The van der Waals surface area contributed by atoms with E-state index < -0.39 is 0 Å². The summed E-state index contributed by atoms with van der Waals surface area (Å²) in [7, 11) is 0. The summed E-state index contributed by atoms with van der Waals surface area (Å²) >= 11 is 1.56. The number of thiophene rings is 1. The van der Waals surface area contributed by atoms with E-state index in [1.807, 2.05) is 41.8 Å². The molecule has 0 atom stereocenters. The Labute approximate surface area is 177 Å². The van der Waals surface area contributed by atoms with E-state index in [4.69, 9.17) is 9.52 Å². The Kier molecular flexibility index (Phi) is 4.56. The molecule has 0 saturated carbocycles. The number of oxazole rings is 1. The number of rotatable bonds is 4. The van der Waals surface area contributed by atoms with Crippen LogP contribution in [0.2, 0.25) is 0 Å². The fourth-order valence-corrected chi connectivity index (χ4v) is 4.23. The molecular formula is C24H19N3O2S. The Morgan fingerprint density at radius 3 is 2.67 bits per heavy atom. The van der Waals surface area contributed by atoms with Crippen LogP contribution in [0.1, 0.15) is 16.8 Å². The Hall–Kier alpha value is -3.51. The summed E-state index contributed by atoms with van der Waals surface area (Å²) in [6, 6.07) is 17.8. The van der Waals surface area contributed by atoms with Crippen molar-refractivity contribution >= 4 is 22.1 Å². The van der Waals surface area contributed by atoms with Crippen molar-refractivity contribution in [2.75, 3.05) is 0 Å². The van der Waals surface area contributed by atoms with Gasteiger partial charge in [-0.25, -0.2) is 9.67 Å². The molecule has 0 N–H and O–H groups in total. The second kappa shape index (κ2) is 7.39. The minimum atomic E-state index is -0.139. The first-order valence-electron chi connectivity index (χ1n) is 9.66. The maximum Gasteiger partial charge on any atom is 0.275 e. The molecule has 0 aliphatic carbocycles. The minimum absolute atomic E-state index is 0.139. The summed E-state index contributed by atoms with van der Waals surface area (Å²) in [5, 5.41) is 8.24. The number of aromatic nitrogens is 3. The van der Waals surface area contributed by atoms with Gasteiger partial charge in [0.05, 0.1) is 22.5 Å². The van der Waals surface area contributed by atoms with Crippen LogP contribution in [-0.2, 0) is 6.54 Å². The van der Waals surface area contributed by atoms with E-state index in [1.54, 1.807) is 17.6 Å². The smallest absolute Gasteiger partial charge is 0.275 e. The number of nitrogens with zero attached hydrogens (tertiary/aromatic N) is 3. The second-order valence-electron chi connectivity index (χ2n) is 7.30. The van der Waals surface area contributed by atoms with Crippen molar-refractivity contribution in [1.82, 2.24) is 14.8 Å². The molecule has 3 heterocycles. The number of hydrogen-bond acceptors (Lipinski definition) is 5. The molecule has 0 radical (unpaired) electrons. The highest BCUT2D eigenvalue weighted by Gasteiger charge is 2.16. The molecule has 2 aromatic carbocycles. The third-order valence-electron chi connectivity index (χ3n) is 5.11. The van der Waals surface area contributed by atoms with Gasteiger partial charge in [-0.1, -0.05) is 42.0 Å². The zero-order chi connectivity index (χ0) is 20.7. The molecule has 0 amide bonds. The lowest BCUT2D eigenvalue weighted by atomic mass is 9.99. The Bertz CT molecular complexity index is 1410. The summed E-state index contributed by atoms with van der Waals surface area (Å²) in [6.45, 7) is 4.37. The van der Waals surface area contributed by atoms with Crippen molar-refractivity contribution < 1.29 is 4.42 Å². The lowest BCUT2D eigenvalue weighted by Crippen LogP contribution is -2.24. The van der Waals surface area contributed by atoms with E-state index in [-0.39, 0.29) is 12.1 Å². The molecule has 5 nitrogen and oxygen atoms in total. The number of benzene rings is 2. The van der Waals surface area contributed by atoms with E-state index >= 15 is 0 Å². The lowest BCUT2D eigenvalue weighted by molar-refractivity contribution is 0.569. The van der Waals surface area contributed by atoms with Crippen LogP contribution >= 0.6 is 11.3 Å². The maximum absolute atomic E-state index is 13.1. The van der Waals surface area contributed by atoms with Crippen molar-refractivity contribution in [2.45, 2.75) is 20.4 Å². The van der Waals surface area contributed by atoms with Crippen molar-refractivity contribution in [3.63, 3.8) is 0 Å². The zero-order valence-electron chi connectivity index (χ0n) is 16.6. The SMILES string of the molecule is Cc1ccc(C)c(-c2nn(Cc3coc(-c4cccs4)n3)c(=O)c3ccccc23)c1. The molecule has 0 aliphatic rings. The molecule has 0 bridgehead atoms. The van der Waals surface area contributed by atoms with E-state index in [0.29, 0.717) is 17.0 Å². The molecule has 0 saturated heterocycles. The Balaban J connectivity index is 1.65. The molecule has 3 aromatic heterocycles. The van der Waals surface area contributed by atoms with Crippen molar-refractivity contribution in [3.8, 4) is 22.0 Å². The first-order valence-corrected chi connectivity index (χ1v) is 10.5. The highest BCUT2D eigenvalue weighted by molar-refractivity contribution is 7.13. The third-order valence-corrected chi connectivity index (χ3v) is 5.97. The molecule has 0 spiro atoms. The third kappa shape index (κ3) is 3.25. The maximum atomic E-state index is 13.1. The van der Waals surface area contributed by atoms with Crippen LogP contribution in [0.4, 0.5) is 0 Å². The minimum Gasteiger partial charge on any atom is -0.443 e. The van der Waals surface area contributed by atoms with Crippen LogP contribution in [0.25, 0.3) is 32.8 Å². The van der Waals surface area contributed by atoms with Gasteiger partial charge in [0.25, 0.3) is 5.56 Å². The Morgan fingerprint density at radius 2 is 1.87 bits per heavy atom. The van der Waals surface area contributed by atoms with E-state index in [2.05, 4.69) is 37.0 Å². The lowest BCUT2D eigenvalue weighted by Gasteiger charge is -2.13. The highest BCUT2D eigenvalue weighted by atomic mass is 32.1. The fraction of sp³-hybridized carbons (Fsp3) is 0.125. The van der Waals surface area contributed by atoms with Gasteiger partial charge in [-0.3, -0.25) is 4.79 Å². The van der Waals surface area contributed by atoms with E-state index in [0.717, 1.165) is 32.6 Å². The first kappa shape index (κ1) is 18.5. The fourth-order valence-electron chi connectivity index (χ4n) is 3.58. The molecule has 0 aliphatic heterocycles. The summed E-state index contributed by atoms with van der Waals surface area (Å²) in [5.41, 5.74) is 4.62. The van der Waals surface area contributed by atoms with Gasteiger partial charge in [0.2, 0.25) is 5.89 Å². The van der Waals surface area contributed by atoms with Crippen molar-refractivity contribution in [3.05, 3.63) is 93.4 Å². The van der Waals surface area contributed by atoms with Crippen molar-refractivity contribution in [1.29, 1.82) is 0 Å². The van der Waals surface area contributed by atoms with Gasteiger partial charge < -0.3 is 4.42 Å². The van der Waals surface area contributed by atoms with Crippen LogP contribution < -0.4 is 5.56 Å². The Morgan fingerprint density at radius 1 is 1.03 bits per heavy atom. The van der Waals surface area contributed by atoms with Gasteiger partial charge in [0, 0.05) is 10.9 Å². The molecule has 148 valence electrons. The van der Waals surface area contributed by atoms with Crippen LogP contribution in [0.15, 0.2) is 75.5 Å². The monoisotopic (exact) mass is 413 g/mol. The average Bonchev–Trinajstić information content (AvgIpc) is 3.44. The number of hydrogen-bond donors (Lipinski definition) is 0. The molecule has 30 heavy (non-hydrogen) atoms. The van der Waals surface area contributed by atoms with Gasteiger partial charge in [0.1, 0.15) is 12.0 Å². The summed E-state index contributed by atoms with van der Waals surface area (Å²) in [5.74, 6) is 0.559. The van der Waals surface area contributed by atoms with E-state index in [1.165, 1.54) is 4.68 Å². The normalized spacial score (nSPS) is 11.3. The average molecular weight is 414 g/mol. The van der Waals surface area contributed by atoms with Gasteiger partial charge in [-0.05, 0) is 43.0 Å².